The van der Waals surface area contributed by atoms with Crippen LogP contribution in [0, 0.1) is 0 Å². The molecule has 0 unspecified atom stereocenters. The van der Waals surface area contributed by atoms with E-state index in [1.165, 1.54) is 6.07 Å². The van der Waals surface area contributed by atoms with Crippen LogP contribution in [0.5, 0.6) is 0 Å². The highest BCUT2D eigenvalue weighted by Crippen LogP contribution is 2.30. The van der Waals surface area contributed by atoms with Gasteiger partial charge in [-0.25, -0.2) is 0 Å². The van der Waals surface area contributed by atoms with Crippen LogP contribution < -0.4 is 0 Å². The molecule has 0 radical (unpaired) electrons. The summed E-state index contributed by atoms with van der Waals surface area (Å²) in [5, 5.41) is 0. The van der Waals surface area contributed by atoms with Gasteiger partial charge in [0.15, 0.2) is 0 Å². The normalized spacial score (nSPS) is 12.7. The number of rotatable bonds is 8. The molecule has 0 aliphatic heterocycles. The Morgan fingerprint density at radius 2 is 1.48 bits per heavy atom. The lowest BCUT2D eigenvalue weighted by Crippen LogP contribution is -2.48. The van der Waals surface area contributed by atoms with Crippen molar-refractivity contribution in [3.05, 3.63) is 35.4 Å². The van der Waals surface area contributed by atoms with Crippen LogP contribution in [-0.2, 0) is 25.5 Å². The molecule has 0 N–H and O–H groups in total. The van der Waals surface area contributed by atoms with Gasteiger partial charge < -0.3 is 13.3 Å². The minimum absolute atomic E-state index is 0.229. The van der Waals surface area contributed by atoms with Gasteiger partial charge in [-0.1, -0.05) is 18.2 Å². The Bertz CT molecular complexity index is 421. The van der Waals surface area contributed by atoms with Crippen molar-refractivity contribution in [2.45, 2.75) is 33.0 Å². The summed E-state index contributed by atoms with van der Waals surface area (Å²) in [6, 6.07) is 5.43. The SMILES string of the molecule is CCO[Si](Cc1cccc(C(F)(F)F)c1)(OCC)OCC. The van der Waals surface area contributed by atoms with E-state index in [1.807, 2.05) is 20.8 Å². The second-order valence-corrected chi connectivity index (χ2v) is 6.94. The largest absolute Gasteiger partial charge is 0.505 e. The van der Waals surface area contributed by atoms with E-state index in [4.69, 9.17) is 13.3 Å². The van der Waals surface area contributed by atoms with Crippen LogP contribution in [0.15, 0.2) is 24.3 Å². The van der Waals surface area contributed by atoms with Crippen LogP contribution in [0.1, 0.15) is 31.9 Å². The highest BCUT2D eigenvalue weighted by Gasteiger charge is 2.41. The summed E-state index contributed by atoms with van der Waals surface area (Å²) >= 11 is 0. The number of benzene rings is 1. The van der Waals surface area contributed by atoms with Crippen molar-refractivity contribution in [2.24, 2.45) is 0 Å². The summed E-state index contributed by atoms with van der Waals surface area (Å²) in [6.07, 6.45) is -4.36. The van der Waals surface area contributed by atoms with Gasteiger partial charge in [0.05, 0.1) is 5.56 Å². The molecule has 7 heteroatoms. The van der Waals surface area contributed by atoms with Gasteiger partial charge in [0.2, 0.25) is 0 Å². The zero-order valence-corrected chi connectivity index (χ0v) is 13.5. The van der Waals surface area contributed by atoms with E-state index in [1.54, 1.807) is 6.07 Å². The molecular weight excluding hydrogens is 301 g/mol. The van der Waals surface area contributed by atoms with Crippen LogP contribution in [-0.4, -0.2) is 28.6 Å². The molecule has 0 aliphatic carbocycles. The van der Waals surface area contributed by atoms with E-state index in [2.05, 4.69) is 0 Å². The zero-order valence-electron chi connectivity index (χ0n) is 12.5. The van der Waals surface area contributed by atoms with Crippen molar-refractivity contribution in [1.82, 2.24) is 0 Å². The Morgan fingerprint density at radius 1 is 0.952 bits per heavy atom. The van der Waals surface area contributed by atoms with E-state index in [0.29, 0.717) is 25.4 Å². The molecule has 0 heterocycles. The van der Waals surface area contributed by atoms with Crippen LogP contribution >= 0.6 is 0 Å². The predicted molar refractivity (Wildman–Crippen MR) is 75.8 cm³/mol. The zero-order chi connectivity index (χ0) is 15.9. The fourth-order valence-electron chi connectivity index (χ4n) is 2.05. The minimum atomic E-state index is -4.36. The average molecular weight is 322 g/mol. The molecule has 21 heavy (non-hydrogen) atoms. The molecule has 0 saturated heterocycles. The first-order valence-corrected chi connectivity index (χ1v) is 8.88. The van der Waals surface area contributed by atoms with Crippen molar-refractivity contribution in [3.8, 4) is 0 Å². The summed E-state index contributed by atoms with van der Waals surface area (Å²) in [5.74, 6) is 0. The topological polar surface area (TPSA) is 27.7 Å². The Balaban J connectivity index is 3.02. The van der Waals surface area contributed by atoms with Crippen LogP contribution in [0.25, 0.3) is 0 Å². The lowest BCUT2D eigenvalue weighted by molar-refractivity contribution is -0.137. The summed E-state index contributed by atoms with van der Waals surface area (Å²) in [5.41, 5.74) is -0.167. The first-order chi connectivity index (χ1) is 9.87. The van der Waals surface area contributed by atoms with E-state index < -0.39 is 20.5 Å². The van der Waals surface area contributed by atoms with Gasteiger partial charge in [0.1, 0.15) is 0 Å². The summed E-state index contributed by atoms with van der Waals surface area (Å²) in [6.45, 7) is 6.62. The first-order valence-electron chi connectivity index (χ1n) is 6.95. The average Bonchev–Trinajstić information content (AvgIpc) is 2.39. The van der Waals surface area contributed by atoms with Gasteiger partial charge >= 0.3 is 15.0 Å². The molecule has 1 rings (SSSR count). The van der Waals surface area contributed by atoms with E-state index in [9.17, 15) is 13.2 Å². The van der Waals surface area contributed by atoms with Crippen LogP contribution in [0.2, 0.25) is 0 Å². The van der Waals surface area contributed by atoms with Gasteiger partial charge in [-0.15, -0.1) is 0 Å². The fraction of sp³-hybridized carbons (Fsp3) is 0.571. The van der Waals surface area contributed by atoms with Gasteiger partial charge in [-0.05, 0) is 32.4 Å². The Labute approximate surface area is 124 Å². The van der Waals surface area contributed by atoms with Crippen molar-refractivity contribution in [1.29, 1.82) is 0 Å². The molecule has 1 aromatic rings. The minimum Gasteiger partial charge on any atom is -0.374 e. The maximum Gasteiger partial charge on any atom is 0.505 e. The van der Waals surface area contributed by atoms with Gasteiger partial charge in [0.25, 0.3) is 0 Å². The van der Waals surface area contributed by atoms with Gasteiger partial charge in [0, 0.05) is 25.9 Å². The van der Waals surface area contributed by atoms with E-state index >= 15 is 0 Å². The maximum absolute atomic E-state index is 12.8. The van der Waals surface area contributed by atoms with Gasteiger partial charge in [-0.3, -0.25) is 0 Å². The smallest absolute Gasteiger partial charge is 0.374 e. The Hall–Kier alpha value is -0.893. The Kier molecular flexibility index (Phi) is 6.86. The monoisotopic (exact) mass is 322 g/mol. The number of hydrogen-bond acceptors (Lipinski definition) is 3. The lowest BCUT2D eigenvalue weighted by Gasteiger charge is -2.28. The van der Waals surface area contributed by atoms with Crippen LogP contribution in [0.3, 0.4) is 0 Å². The molecule has 0 fully saturated rings. The van der Waals surface area contributed by atoms with Crippen molar-refractivity contribution in [3.63, 3.8) is 0 Å². The molecule has 0 aromatic heterocycles. The molecular formula is C14H21F3O3Si. The van der Waals surface area contributed by atoms with E-state index in [0.717, 1.165) is 12.1 Å². The highest BCUT2D eigenvalue weighted by atomic mass is 28.4. The molecule has 0 amide bonds. The molecule has 0 aliphatic rings. The maximum atomic E-state index is 12.8. The summed E-state index contributed by atoms with van der Waals surface area (Å²) in [4.78, 5) is 0. The highest BCUT2D eigenvalue weighted by molar-refractivity contribution is 6.60. The quantitative estimate of drug-likeness (QED) is 0.681. The van der Waals surface area contributed by atoms with Crippen molar-refractivity contribution < 1.29 is 26.4 Å². The molecule has 0 bridgehead atoms. The third-order valence-electron chi connectivity index (χ3n) is 2.77. The Morgan fingerprint density at radius 3 is 1.90 bits per heavy atom. The molecule has 0 spiro atoms. The molecule has 1 aromatic carbocycles. The molecule has 120 valence electrons. The third kappa shape index (κ3) is 5.42. The molecule has 3 nitrogen and oxygen atoms in total. The second kappa shape index (κ2) is 7.93. The number of alkyl halides is 3. The molecule has 0 saturated carbocycles. The molecule has 0 atom stereocenters. The van der Waals surface area contributed by atoms with Crippen LogP contribution in [0.4, 0.5) is 13.2 Å². The van der Waals surface area contributed by atoms with E-state index in [-0.39, 0.29) is 6.04 Å². The summed E-state index contributed by atoms with van der Waals surface area (Å²) in [7, 11) is -2.99. The fourth-order valence-corrected chi connectivity index (χ4v) is 4.64. The number of hydrogen-bond donors (Lipinski definition) is 0. The third-order valence-corrected chi connectivity index (χ3v) is 5.79. The van der Waals surface area contributed by atoms with Crippen molar-refractivity contribution in [2.75, 3.05) is 19.8 Å². The first kappa shape index (κ1) is 18.2. The number of halogens is 3. The summed E-state index contributed by atoms with van der Waals surface area (Å²) < 4.78 is 55.2. The second-order valence-electron chi connectivity index (χ2n) is 4.36. The van der Waals surface area contributed by atoms with Crippen molar-refractivity contribution >= 4 is 8.80 Å². The predicted octanol–water partition coefficient (Wildman–Crippen LogP) is 3.84. The lowest BCUT2D eigenvalue weighted by atomic mass is 10.1. The standard InChI is InChI=1S/C14H21F3O3Si/c1-4-18-21(19-5-2,20-6-3)11-12-8-7-9-13(10-12)14(15,16)17/h7-10H,4-6,11H2,1-3H3. The van der Waals surface area contributed by atoms with Gasteiger partial charge in [-0.2, -0.15) is 13.2 Å².